The summed E-state index contributed by atoms with van der Waals surface area (Å²) in [4.78, 5) is 0. The lowest BCUT2D eigenvalue weighted by atomic mass is 9.77. The molecular weight excluding hydrogens is 288 g/mol. The highest BCUT2D eigenvalue weighted by Crippen LogP contribution is 2.32. The zero-order chi connectivity index (χ0) is 15.6. The van der Waals surface area contributed by atoms with Crippen molar-refractivity contribution in [1.29, 1.82) is 0 Å². The Hall–Kier alpha value is -1.36. The highest BCUT2D eigenvalue weighted by Gasteiger charge is 2.34. The van der Waals surface area contributed by atoms with Crippen molar-refractivity contribution in [3.63, 3.8) is 0 Å². The first kappa shape index (κ1) is 16.0. The van der Waals surface area contributed by atoms with Gasteiger partial charge in [-0.1, -0.05) is 41.4 Å². The van der Waals surface area contributed by atoms with Gasteiger partial charge in [-0.3, -0.25) is 4.68 Å². The predicted octanol–water partition coefficient (Wildman–Crippen LogP) is 2.16. The summed E-state index contributed by atoms with van der Waals surface area (Å²) in [6, 6.07) is 7.84. The summed E-state index contributed by atoms with van der Waals surface area (Å²) < 4.78 is 1.72. The van der Waals surface area contributed by atoms with Crippen LogP contribution in [0.5, 0.6) is 0 Å². The maximum Gasteiger partial charge on any atom is 0.0847 e. The molecule has 114 valence electrons. The van der Waals surface area contributed by atoms with E-state index in [4.69, 9.17) is 11.6 Å². The molecule has 0 amide bonds. The number of aliphatic hydroxyl groups excluding tert-OH is 2. The minimum absolute atomic E-state index is 0.159. The van der Waals surface area contributed by atoms with E-state index in [-0.39, 0.29) is 13.2 Å². The normalized spacial score (nSPS) is 11.9. The van der Waals surface area contributed by atoms with Crippen molar-refractivity contribution in [2.24, 2.45) is 7.05 Å². The van der Waals surface area contributed by atoms with Gasteiger partial charge >= 0.3 is 0 Å². The van der Waals surface area contributed by atoms with Gasteiger partial charge in [0.1, 0.15) is 0 Å². The molecule has 1 aromatic carbocycles. The fraction of sp³-hybridized carbons (Fsp3) is 0.438. The molecular formula is C16H21ClN2O2. The molecule has 0 saturated heterocycles. The summed E-state index contributed by atoms with van der Waals surface area (Å²) >= 11 is 6.31. The third kappa shape index (κ3) is 2.98. The van der Waals surface area contributed by atoms with Crippen LogP contribution in [-0.2, 0) is 18.9 Å². The van der Waals surface area contributed by atoms with Crippen molar-refractivity contribution in [2.75, 3.05) is 13.2 Å². The first-order chi connectivity index (χ1) is 9.93. The minimum atomic E-state index is -0.768. The van der Waals surface area contributed by atoms with Crippen molar-refractivity contribution < 1.29 is 10.2 Å². The Morgan fingerprint density at radius 3 is 2.38 bits per heavy atom. The Morgan fingerprint density at radius 2 is 1.90 bits per heavy atom. The second-order valence-corrected chi connectivity index (χ2v) is 5.99. The molecule has 0 aliphatic heterocycles. The molecule has 0 fully saturated rings. The number of aryl methyl sites for hydroxylation is 3. The van der Waals surface area contributed by atoms with E-state index in [1.165, 1.54) is 0 Å². The molecule has 0 atom stereocenters. The van der Waals surface area contributed by atoms with Crippen molar-refractivity contribution in [1.82, 2.24) is 9.78 Å². The Labute approximate surface area is 130 Å². The van der Waals surface area contributed by atoms with Gasteiger partial charge in [-0.2, -0.15) is 5.10 Å². The van der Waals surface area contributed by atoms with Crippen LogP contribution in [0.3, 0.4) is 0 Å². The van der Waals surface area contributed by atoms with Crippen molar-refractivity contribution in [3.8, 4) is 0 Å². The number of hydrogen-bond donors (Lipinski definition) is 2. The molecule has 2 aromatic rings. The second-order valence-electron chi connectivity index (χ2n) is 5.61. The van der Waals surface area contributed by atoms with Gasteiger partial charge in [0.15, 0.2) is 0 Å². The largest absolute Gasteiger partial charge is 0.395 e. The highest BCUT2D eigenvalue weighted by atomic mass is 35.5. The number of aliphatic hydroxyl groups is 2. The number of halogens is 1. The molecule has 2 N–H and O–H groups in total. The summed E-state index contributed by atoms with van der Waals surface area (Å²) in [6.07, 6.45) is 0.430. The maximum atomic E-state index is 9.94. The molecule has 0 saturated carbocycles. The first-order valence-corrected chi connectivity index (χ1v) is 7.28. The van der Waals surface area contributed by atoms with Crippen LogP contribution in [0.25, 0.3) is 0 Å². The lowest BCUT2D eigenvalue weighted by Crippen LogP contribution is -2.38. The van der Waals surface area contributed by atoms with E-state index in [1.54, 1.807) is 4.68 Å². The molecule has 0 unspecified atom stereocenters. The Morgan fingerprint density at radius 1 is 1.24 bits per heavy atom. The molecule has 0 aliphatic carbocycles. The third-order valence-electron chi connectivity index (χ3n) is 4.00. The highest BCUT2D eigenvalue weighted by molar-refractivity contribution is 6.31. The quantitative estimate of drug-likeness (QED) is 0.890. The van der Waals surface area contributed by atoms with E-state index in [1.807, 2.05) is 45.2 Å². The number of benzene rings is 1. The topological polar surface area (TPSA) is 58.3 Å². The second kappa shape index (κ2) is 6.18. The fourth-order valence-corrected chi connectivity index (χ4v) is 2.84. The van der Waals surface area contributed by atoms with E-state index < -0.39 is 5.41 Å². The van der Waals surface area contributed by atoms with Gasteiger partial charge in [0, 0.05) is 18.9 Å². The smallest absolute Gasteiger partial charge is 0.0847 e. The third-order valence-corrected chi connectivity index (χ3v) is 4.49. The summed E-state index contributed by atoms with van der Waals surface area (Å²) in [5.74, 6) is 0. The van der Waals surface area contributed by atoms with E-state index in [0.29, 0.717) is 11.4 Å². The molecule has 21 heavy (non-hydrogen) atoms. The van der Waals surface area contributed by atoms with Crippen LogP contribution in [-0.4, -0.2) is 33.2 Å². The molecule has 0 radical (unpaired) electrons. The number of aromatic nitrogens is 2. The van der Waals surface area contributed by atoms with Crippen LogP contribution >= 0.6 is 11.6 Å². The molecule has 1 heterocycles. The average Bonchev–Trinajstić information content (AvgIpc) is 2.70. The summed E-state index contributed by atoms with van der Waals surface area (Å²) in [7, 11) is 1.82. The summed E-state index contributed by atoms with van der Waals surface area (Å²) in [6.45, 7) is 3.52. The molecule has 2 rings (SSSR count). The predicted molar refractivity (Wildman–Crippen MR) is 83.7 cm³/mol. The average molecular weight is 309 g/mol. The number of hydrogen-bond acceptors (Lipinski definition) is 3. The van der Waals surface area contributed by atoms with Crippen LogP contribution in [0.2, 0.25) is 5.02 Å². The van der Waals surface area contributed by atoms with Gasteiger partial charge in [0.25, 0.3) is 0 Å². The number of rotatable bonds is 5. The van der Waals surface area contributed by atoms with Crippen molar-refractivity contribution in [2.45, 2.75) is 25.7 Å². The molecule has 0 aliphatic rings. The van der Waals surface area contributed by atoms with Crippen LogP contribution < -0.4 is 0 Å². The molecule has 5 heteroatoms. The zero-order valence-corrected chi connectivity index (χ0v) is 13.4. The van der Waals surface area contributed by atoms with Gasteiger partial charge < -0.3 is 10.2 Å². The molecule has 0 spiro atoms. The minimum Gasteiger partial charge on any atom is -0.395 e. The molecule has 4 nitrogen and oxygen atoms in total. The fourth-order valence-electron chi connectivity index (χ4n) is 2.61. The Balaban J connectivity index is 2.48. The van der Waals surface area contributed by atoms with Gasteiger partial charge in [0.05, 0.1) is 29.6 Å². The van der Waals surface area contributed by atoms with Gasteiger partial charge in [-0.05, 0) is 19.4 Å². The first-order valence-electron chi connectivity index (χ1n) is 6.90. The van der Waals surface area contributed by atoms with E-state index in [9.17, 15) is 10.2 Å². The van der Waals surface area contributed by atoms with E-state index >= 15 is 0 Å². The zero-order valence-electron chi connectivity index (χ0n) is 12.6. The standard InChI is InChI=1S/C16H21ClN2O2/c1-11-5-4-6-13(7-11)16(9-20,10-21)8-14-15(17)12(2)18-19(14)3/h4-7,20-21H,8-10H2,1-3H3. The number of nitrogens with zero attached hydrogens (tertiary/aromatic N) is 2. The monoisotopic (exact) mass is 308 g/mol. The SMILES string of the molecule is Cc1cccc(C(CO)(CO)Cc2c(Cl)c(C)nn2C)c1. The maximum absolute atomic E-state index is 9.94. The van der Waals surface area contributed by atoms with Crippen LogP contribution in [0.1, 0.15) is 22.5 Å². The van der Waals surface area contributed by atoms with Gasteiger partial charge in [-0.25, -0.2) is 0 Å². The lowest BCUT2D eigenvalue weighted by Gasteiger charge is -2.31. The lowest BCUT2D eigenvalue weighted by molar-refractivity contribution is 0.114. The van der Waals surface area contributed by atoms with Crippen LogP contribution in [0.4, 0.5) is 0 Å². The van der Waals surface area contributed by atoms with E-state index in [0.717, 1.165) is 22.5 Å². The van der Waals surface area contributed by atoms with Crippen molar-refractivity contribution in [3.05, 3.63) is 51.8 Å². The van der Waals surface area contributed by atoms with E-state index in [2.05, 4.69) is 5.10 Å². The summed E-state index contributed by atoms with van der Waals surface area (Å²) in [5.41, 5.74) is 2.80. The molecule has 0 bridgehead atoms. The van der Waals surface area contributed by atoms with Crippen LogP contribution in [0.15, 0.2) is 24.3 Å². The Bertz CT molecular complexity index is 633. The van der Waals surface area contributed by atoms with Gasteiger partial charge in [0.2, 0.25) is 0 Å². The Kier molecular flexibility index (Phi) is 4.71. The van der Waals surface area contributed by atoms with Crippen LogP contribution in [0, 0.1) is 13.8 Å². The molecule has 1 aromatic heterocycles. The summed E-state index contributed by atoms with van der Waals surface area (Å²) in [5, 5.41) is 24.8. The van der Waals surface area contributed by atoms with Crippen molar-refractivity contribution >= 4 is 11.6 Å². The van der Waals surface area contributed by atoms with Gasteiger partial charge in [-0.15, -0.1) is 0 Å².